The molecule has 2 rings (SSSR count). The summed E-state index contributed by atoms with van der Waals surface area (Å²) in [6.07, 6.45) is -0.853. The Morgan fingerprint density at radius 1 is 0.789 bits per heavy atom. The lowest BCUT2D eigenvalue weighted by Gasteiger charge is -2.33. The van der Waals surface area contributed by atoms with Gasteiger partial charge in [0.2, 0.25) is 0 Å². The minimum atomic E-state index is -1.01. The summed E-state index contributed by atoms with van der Waals surface area (Å²) in [4.78, 5) is 45.0. The zero-order valence-electron chi connectivity index (χ0n) is 21.1. The first-order chi connectivity index (χ1) is 18.1. The summed E-state index contributed by atoms with van der Waals surface area (Å²) in [6.45, 7) is 2.56. The standard InChI is InChI=1S/C24H35N5O8S/c30-20(17-37-21-3-1-19(2-4-21)25-18-38)13-26-5-7-27(14-22(31)32)9-11-29(16-24(35)36)12-10-28(8-6-26)15-23(33)34/h1-4,20,30H,5-17H2,(H,31,32)(H,33,34)(H,35,36). The molecule has 1 aliphatic rings. The number of rotatable bonds is 12. The molecule has 0 bridgehead atoms. The molecule has 1 heterocycles. The van der Waals surface area contributed by atoms with Gasteiger partial charge < -0.3 is 25.2 Å². The number of aliphatic carboxylic acids is 3. The molecule has 0 amide bonds. The summed E-state index contributed by atoms with van der Waals surface area (Å²) >= 11 is 4.58. The molecule has 210 valence electrons. The Bertz CT molecular complexity index is 928. The molecule has 0 aliphatic carbocycles. The second kappa shape index (κ2) is 16.8. The number of β-amino-alcohol motifs (C(OH)–C–C–N with tert-alkyl or cyclic N) is 1. The summed E-state index contributed by atoms with van der Waals surface area (Å²) < 4.78 is 5.68. The molecule has 38 heavy (non-hydrogen) atoms. The number of aliphatic hydroxyl groups excluding tert-OH is 1. The Hall–Kier alpha value is -2.97. The molecule has 14 heteroatoms. The predicted molar refractivity (Wildman–Crippen MR) is 141 cm³/mol. The maximum atomic E-state index is 11.4. The van der Waals surface area contributed by atoms with Crippen LogP contribution in [0.5, 0.6) is 5.75 Å². The smallest absolute Gasteiger partial charge is 0.317 e. The van der Waals surface area contributed by atoms with Crippen LogP contribution in [0.2, 0.25) is 0 Å². The van der Waals surface area contributed by atoms with E-state index in [1.54, 1.807) is 39.0 Å². The predicted octanol–water partition coefficient (Wildman–Crippen LogP) is -0.364. The van der Waals surface area contributed by atoms with Crippen LogP contribution >= 0.6 is 12.2 Å². The molecule has 1 aliphatic heterocycles. The Morgan fingerprint density at radius 3 is 1.55 bits per heavy atom. The number of carboxylic acids is 3. The number of isothiocyanates is 1. The van der Waals surface area contributed by atoms with Gasteiger partial charge in [-0.2, -0.15) is 4.99 Å². The number of hydrogen-bond acceptors (Lipinski definition) is 11. The second-order valence-corrected chi connectivity index (χ2v) is 9.15. The van der Waals surface area contributed by atoms with Gasteiger partial charge in [0.25, 0.3) is 0 Å². The van der Waals surface area contributed by atoms with Gasteiger partial charge in [-0.05, 0) is 36.5 Å². The molecule has 1 atom stereocenters. The van der Waals surface area contributed by atoms with Crippen LogP contribution in [0.15, 0.2) is 29.3 Å². The van der Waals surface area contributed by atoms with Gasteiger partial charge in [-0.25, -0.2) is 0 Å². The number of hydrogen-bond donors (Lipinski definition) is 4. The number of aliphatic imine (C=N–C) groups is 1. The lowest BCUT2D eigenvalue weighted by molar-refractivity contribution is -0.140. The van der Waals surface area contributed by atoms with Crippen molar-refractivity contribution in [1.82, 2.24) is 19.6 Å². The van der Waals surface area contributed by atoms with Crippen LogP contribution in [-0.2, 0) is 14.4 Å². The van der Waals surface area contributed by atoms with Crippen LogP contribution in [0, 0.1) is 0 Å². The van der Waals surface area contributed by atoms with Crippen LogP contribution in [-0.4, -0.2) is 154 Å². The van der Waals surface area contributed by atoms with Crippen molar-refractivity contribution in [2.24, 2.45) is 4.99 Å². The van der Waals surface area contributed by atoms with Crippen molar-refractivity contribution in [2.75, 3.05) is 85.1 Å². The van der Waals surface area contributed by atoms with Crippen molar-refractivity contribution in [3.63, 3.8) is 0 Å². The van der Waals surface area contributed by atoms with Crippen LogP contribution in [0.4, 0.5) is 5.69 Å². The van der Waals surface area contributed by atoms with E-state index in [-0.39, 0.29) is 32.8 Å². The Labute approximate surface area is 226 Å². The molecule has 13 nitrogen and oxygen atoms in total. The van der Waals surface area contributed by atoms with Gasteiger partial charge in [-0.15, -0.1) is 0 Å². The highest BCUT2D eigenvalue weighted by Gasteiger charge is 2.21. The summed E-state index contributed by atoms with van der Waals surface area (Å²) in [5, 5.41) is 40.8. The van der Waals surface area contributed by atoms with Crippen LogP contribution < -0.4 is 4.74 Å². The lowest BCUT2D eigenvalue weighted by atomic mass is 10.2. The molecular formula is C24H35N5O8S. The first-order valence-electron chi connectivity index (χ1n) is 12.2. The zero-order chi connectivity index (χ0) is 27.9. The Kier molecular flexibility index (Phi) is 13.8. The van der Waals surface area contributed by atoms with Crippen LogP contribution in [0.25, 0.3) is 0 Å². The van der Waals surface area contributed by atoms with Gasteiger partial charge in [-0.1, -0.05) is 0 Å². The Morgan fingerprint density at radius 2 is 1.18 bits per heavy atom. The van der Waals surface area contributed by atoms with Gasteiger partial charge >= 0.3 is 17.9 Å². The van der Waals surface area contributed by atoms with Crippen molar-refractivity contribution in [2.45, 2.75) is 6.10 Å². The van der Waals surface area contributed by atoms with Crippen molar-refractivity contribution in [3.05, 3.63) is 24.3 Å². The first-order valence-corrected chi connectivity index (χ1v) is 12.6. The van der Waals surface area contributed by atoms with Gasteiger partial charge in [0.15, 0.2) is 0 Å². The fourth-order valence-electron chi connectivity index (χ4n) is 4.02. The van der Waals surface area contributed by atoms with E-state index in [1.165, 1.54) is 0 Å². The number of nitrogens with zero attached hydrogens (tertiary/aromatic N) is 5. The molecular weight excluding hydrogens is 518 g/mol. The topological polar surface area (TPSA) is 167 Å². The third kappa shape index (κ3) is 13.0. The number of thiocarbonyl (C=S) groups is 1. The molecule has 0 saturated carbocycles. The molecule has 0 radical (unpaired) electrons. The minimum Gasteiger partial charge on any atom is -0.491 e. The van der Waals surface area contributed by atoms with Crippen molar-refractivity contribution in [1.29, 1.82) is 0 Å². The number of carboxylic acid groups (broad SMARTS) is 3. The maximum absolute atomic E-state index is 11.4. The van der Waals surface area contributed by atoms with E-state index in [1.807, 2.05) is 4.90 Å². The Balaban J connectivity index is 2.05. The normalized spacial score (nSPS) is 17.9. The zero-order valence-corrected chi connectivity index (χ0v) is 22.0. The van der Waals surface area contributed by atoms with Crippen LogP contribution in [0.1, 0.15) is 0 Å². The van der Waals surface area contributed by atoms with Gasteiger partial charge in [-0.3, -0.25) is 34.0 Å². The number of ether oxygens (including phenoxy) is 1. The van der Waals surface area contributed by atoms with E-state index in [9.17, 15) is 34.8 Å². The summed E-state index contributed by atoms with van der Waals surface area (Å²) in [7, 11) is 0. The maximum Gasteiger partial charge on any atom is 0.317 e. The average molecular weight is 554 g/mol. The quantitative estimate of drug-likeness (QED) is 0.196. The first kappa shape index (κ1) is 31.2. The monoisotopic (exact) mass is 553 g/mol. The lowest BCUT2D eigenvalue weighted by Crippen LogP contribution is -2.49. The molecule has 4 N–H and O–H groups in total. The fourth-order valence-corrected chi connectivity index (χ4v) is 4.13. The summed E-state index contributed by atoms with van der Waals surface area (Å²) in [6, 6.07) is 6.83. The molecule has 1 unspecified atom stereocenters. The third-order valence-electron chi connectivity index (χ3n) is 5.93. The molecule has 1 saturated heterocycles. The average Bonchev–Trinajstić information content (AvgIpc) is 2.84. The summed E-state index contributed by atoms with van der Waals surface area (Å²) in [5.74, 6) is -2.44. The largest absolute Gasteiger partial charge is 0.491 e. The highest BCUT2D eigenvalue weighted by molar-refractivity contribution is 7.78. The van der Waals surface area contributed by atoms with Gasteiger partial charge in [0.1, 0.15) is 18.5 Å². The van der Waals surface area contributed by atoms with Crippen LogP contribution in [0.3, 0.4) is 0 Å². The minimum absolute atomic E-state index is 0.0219. The van der Waals surface area contributed by atoms with E-state index in [0.29, 0.717) is 63.8 Å². The number of carbonyl (C=O) groups is 3. The highest BCUT2D eigenvalue weighted by Crippen LogP contribution is 2.17. The molecule has 0 spiro atoms. The van der Waals surface area contributed by atoms with E-state index < -0.39 is 24.0 Å². The number of aliphatic hydroxyl groups is 1. The van der Waals surface area contributed by atoms with E-state index in [0.717, 1.165) is 0 Å². The van der Waals surface area contributed by atoms with Gasteiger partial charge in [0, 0.05) is 58.9 Å². The van der Waals surface area contributed by atoms with Crippen molar-refractivity contribution in [3.8, 4) is 5.75 Å². The second-order valence-electron chi connectivity index (χ2n) is 8.97. The van der Waals surface area contributed by atoms with E-state index in [2.05, 4.69) is 22.4 Å². The van der Waals surface area contributed by atoms with Gasteiger partial charge in [0.05, 0.1) is 30.5 Å². The molecule has 0 aromatic heterocycles. The molecule has 1 fully saturated rings. The highest BCUT2D eigenvalue weighted by atomic mass is 32.1. The SMILES string of the molecule is O=C(O)CN1CCN(CC(=O)O)CCN(CC(O)COc2ccc(N=C=S)cc2)CCN(CC(=O)O)CC1. The number of benzene rings is 1. The molecule has 1 aromatic carbocycles. The fraction of sp³-hybridized carbons (Fsp3) is 0.583. The summed E-state index contributed by atoms with van der Waals surface area (Å²) in [5.41, 5.74) is 0.634. The van der Waals surface area contributed by atoms with Crippen molar-refractivity contribution < 1.29 is 39.5 Å². The van der Waals surface area contributed by atoms with E-state index >= 15 is 0 Å². The van der Waals surface area contributed by atoms with E-state index in [4.69, 9.17) is 4.74 Å². The molecule has 1 aromatic rings. The van der Waals surface area contributed by atoms with Crippen molar-refractivity contribution >= 4 is 41.0 Å². The third-order valence-corrected chi connectivity index (χ3v) is 6.02.